The van der Waals surface area contributed by atoms with Gasteiger partial charge in [-0.2, -0.15) is 5.10 Å². The number of nitrogens with zero attached hydrogens (tertiary/aromatic N) is 4. The van der Waals surface area contributed by atoms with Gasteiger partial charge in [-0.15, -0.1) is 0 Å². The Labute approximate surface area is 215 Å². The summed E-state index contributed by atoms with van der Waals surface area (Å²) in [6, 6.07) is 13.5. The lowest BCUT2D eigenvalue weighted by atomic mass is 9.92. The summed E-state index contributed by atoms with van der Waals surface area (Å²) in [7, 11) is 0. The SMILES string of the molecule is CCC(C)OC(=O)N1CCc2c([nH]c3ccc(Cl)cc23)C1c1ccc(OCCCn2cncn2)cc1. The fraction of sp³-hybridized carbons (Fsp3) is 0.370. The molecule has 1 amide bonds. The predicted octanol–water partition coefficient (Wildman–Crippen LogP) is 5.76. The third-order valence-corrected chi connectivity index (χ3v) is 6.90. The maximum atomic E-state index is 13.2. The number of amides is 1. The third kappa shape index (κ3) is 5.04. The van der Waals surface area contributed by atoms with Gasteiger partial charge in [0.1, 0.15) is 30.5 Å². The number of carbonyl (C=O) groups is 1. The van der Waals surface area contributed by atoms with Crippen molar-refractivity contribution in [3.8, 4) is 5.75 Å². The number of benzene rings is 2. The summed E-state index contributed by atoms with van der Waals surface area (Å²) in [6.07, 6.45) is 5.10. The van der Waals surface area contributed by atoms with Gasteiger partial charge < -0.3 is 14.5 Å². The average molecular weight is 508 g/mol. The molecule has 188 valence electrons. The van der Waals surface area contributed by atoms with Gasteiger partial charge in [0, 0.05) is 41.1 Å². The number of hydrogen-bond acceptors (Lipinski definition) is 5. The summed E-state index contributed by atoms with van der Waals surface area (Å²) in [6.45, 7) is 5.81. The monoisotopic (exact) mass is 507 g/mol. The summed E-state index contributed by atoms with van der Waals surface area (Å²) >= 11 is 6.30. The maximum Gasteiger partial charge on any atom is 0.410 e. The van der Waals surface area contributed by atoms with Crippen molar-refractivity contribution in [2.75, 3.05) is 13.2 Å². The number of ether oxygens (including phenoxy) is 2. The Morgan fingerprint density at radius 2 is 2.08 bits per heavy atom. The topological polar surface area (TPSA) is 85.3 Å². The maximum absolute atomic E-state index is 13.2. The van der Waals surface area contributed by atoms with Crippen molar-refractivity contribution in [1.82, 2.24) is 24.6 Å². The molecule has 4 aromatic rings. The number of aryl methyl sites for hydroxylation is 1. The summed E-state index contributed by atoms with van der Waals surface area (Å²) in [5.41, 5.74) is 4.20. The van der Waals surface area contributed by atoms with Crippen molar-refractivity contribution in [3.63, 3.8) is 0 Å². The summed E-state index contributed by atoms with van der Waals surface area (Å²) < 4.78 is 13.4. The van der Waals surface area contributed by atoms with E-state index in [2.05, 4.69) is 15.1 Å². The smallest absolute Gasteiger partial charge is 0.410 e. The zero-order valence-corrected chi connectivity index (χ0v) is 21.2. The van der Waals surface area contributed by atoms with E-state index in [0.717, 1.165) is 53.7 Å². The van der Waals surface area contributed by atoms with E-state index >= 15 is 0 Å². The summed E-state index contributed by atoms with van der Waals surface area (Å²) in [4.78, 5) is 22.5. The molecule has 0 saturated heterocycles. The second kappa shape index (κ2) is 10.6. The first-order chi connectivity index (χ1) is 17.5. The quantitative estimate of drug-likeness (QED) is 0.306. The fourth-order valence-electron chi connectivity index (χ4n) is 4.64. The van der Waals surface area contributed by atoms with Gasteiger partial charge in [-0.1, -0.05) is 30.7 Å². The van der Waals surface area contributed by atoms with Crippen LogP contribution in [0.3, 0.4) is 0 Å². The van der Waals surface area contributed by atoms with E-state index in [9.17, 15) is 4.79 Å². The summed E-state index contributed by atoms with van der Waals surface area (Å²) in [5, 5.41) is 5.91. The van der Waals surface area contributed by atoms with Crippen molar-refractivity contribution in [3.05, 3.63) is 77.0 Å². The Kier molecular flexibility index (Phi) is 7.13. The molecule has 1 N–H and O–H groups in total. The molecule has 1 aliphatic rings. The van der Waals surface area contributed by atoms with Crippen LogP contribution in [-0.4, -0.2) is 50.0 Å². The highest BCUT2D eigenvalue weighted by molar-refractivity contribution is 6.31. The van der Waals surface area contributed by atoms with Crippen LogP contribution < -0.4 is 4.74 Å². The molecule has 8 nitrogen and oxygen atoms in total. The molecule has 9 heteroatoms. The largest absolute Gasteiger partial charge is 0.494 e. The minimum atomic E-state index is -0.301. The number of halogens is 1. The fourth-order valence-corrected chi connectivity index (χ4v) is 4.81. The lowest BCUT2D eigenvalue weighted by Crippen LogP contribution is -2.41. The Bertz CT molecular complexity index is 1320. The van der Waals surface area contributed by atoms with Crippen molar-refractivity contribution < 1.29 is 14.3 Å². The first kappa shape index (κ1) is 24.2. The second-order valence-electron chi connectivity index (χ2n) is 9.09. The molecular weight excluding hydrogens is 478 g/mol. The van der Waals surface area contributed by atoms with Crippen LogP contribution in [0.25, 0.3) is 10.9 Å². The first-order valence-electron chi connectivity index (χ1n) is 12.4. The van der Waals surface area contributed by atoms with Gasteiger partial charge in [-0.05, 0) is 61.2 Å². The van der Waals surface area contributed by atoms with E-state index in [1.54, 1.807) is 11.0 Å². The number of carbonyl (C=O) groups excluding carboxylic acids is 1. The summed E-state index contributed by atoms with van der Waals surface area (Å²) in [5.74, 6) is 0.783. The molecule has 36 heavy (non-hydrogen) atoms. The van der Waals surface area contributed by atoms with E-state index in [1.165, 1.54) is 11.9 Å². The molecule has 2 aromatic heterocycles. The van der Waals surface area contributed by atoms with Gasteiger partial charge in [-0.3, -0.25) is 9.58 Å². The van der Waals surface area contributed by atoms with E-state index in [1.807, 2.05) is 61.2 Å². The highest BCUT2D eigenvalue weighted by Crippen LogP contribution is 2.40. The molecule has 5 rings (SSSR count). The van der Waals surface area contributed by atoms with Crippen LogP contribution in [0.1, 0.15) is 49.6 Å². The van der Waals surface area contributed by atoms with Crippen molar-refractivity contribution in [2.24, 2.45) is 0 Å². The highest BCUT2D eigenvalue weighted by Gasteiger charge is 2.36. The van der Waals surface area contributed by atoms with Crippen molar-refractivity contribution >= 4 is 28.6 Å². The normalized spacial score (nSPS) is 16.1. The van der Waals surface area contributed by atoms with E-state index < -0.39 is 0 Å². The van der Waals surface area contributed by atoms with Gasteiger partial charge in [0.2, 0.25) is 0 Å². The average Bonchev–Trinajstić information content (AvgIpc) is 3.54. The van der Waals surface area contributed by atoms with Gasteiger partial charge >= 0.3 is 6.09 Å². The van der Waals surface area contributed by atoms with Crippen LogP contribution in [0.15, 0.2) is 55.1 Å². The number of hydrogen-bond donors (Lipinski definition) is 1. The lowest BCUT2D eigenvalue weighted by Gasteiger charge is -2.36. The Hall–Kier alpha value is -3.52. The number of H-pyrrole nitrogens is 1. The van der Waals surface area contributed by atoms with E-state index in [0.29, 0.717) is 18.2 Å². The minimum absolute atomic E-state index is 0.144. The van der Waals surface area contributed by atoms with Gasteiger partial charge in [0.15, 0.2) is 0 Å². The van der Waals surface area contributed by atoms with Gasteiger partial charge in [-0.25, -0.2) is 9.78 Å². The zero-order chi connectivity index (χ0) is 25.1. The Morgan fingerprint density at radius 3 is 2.83 bits per heavy atom. The molecule has 3 heterocycles. The Morgan fingerprint density at radius 1 is 1.25 bits per heavy atom. The molecule has 0 spiro atoms. The highest BCUT2D eigenvalue weighted by atomic mass is 35.5. The Balaban J connectivity index is 1.39. The predicted molar refractivity (Wildman–Crippen MR) is 138 cm³/mol. The van der Waals surface area contributed by atoms with E-state index in [-0.39, 0.29) is 18.2 Å². The van der Waals surface area contributed by atoms with Crippen LogP contribution in [0.4, 0.5) is 4.79 Å². The number of aromatic amines is 1. The van der Waals surface area contributed by atoms with Crippen LogP contribution >= 0.6 is 11.6 Å². The third-order valence-electron chi connectivity index (χ3n) is 6.66. The van der Waals surface area contributed by atoms with Gasteiger partial charge in [0.25, 0.3) is 0 Å². The molecular formula is C27H30ClN5O3. The molecule has 2 unspecified atom stereocenters. The molecule has 1 aliphatic heterocycles. The molecule has 0 bridgehead atoms. The molecule has 2 atom stereocenters. The number of nitrogens with one attached hydrogen (secondary N) is 1. The second-order valence-corrected chi connectivity index (χ2v) is 9.52. The molecule has 0 aliphatic carbocycles. The first-order valence-corrected chi connectivity index (χ1v) is 12.7. The van der Waals surface area contributed by atoms with Crippen LogP contribution in [-0.2, 0) is 17.7 Å². The van der Waals surface area contributed by atoms with Crippen LogP contribution in [0, 0.1) is 0 Å². The molecule has 2 aromatic carbocycles. The molecule has 0 fully saturated rings. The van der Waals surface area contributed by atoms with Crippen molar-refractivity contribution in [1.29, 1.82) is 0 Å². The number of rotatable bonds is 8. The van der Waals surface area contributed by atoms with Crippen LogP contribution in [0.2, 0.25) is 5.02 Å². The zero-order valence-electron chi connectivity index (χ0n) is 20.5. The number of fused-ring (bicyclic) bond motifs is 3. The van der Waals surface area contributed by atoms with Gasteiger partial charge in [0.05, 0.1) is 6.61 Å². The minimum Gasteiger partial charge on any atom is -0.494 e. The molecule has 0 radical (unpaired) electrons. The van der Waals surface area contributed by atoms with Crippen LogP contribution in [0.5, 0.6) is 5.75 Å². The lowest BCUT2D eigenvalue weighted by molar-refractivity contribution is 0.0579. The number of aromatic nitrogens is 4. The molecule has 0 saturated carbocycles. The van der Waals surface area contributed by atoms with E-state index in [4.69, 9.17) is 21.1 Å². The van der Waals surface area contributed by atoms with Crippen molar-refractivity contribution in [2.45, 2.75) is 51.8 Å². The standard InChI is InChI=1S/C27H30ClN5O3/c1-3-18(2)36-27(34)33-13-11-22-23-15-20(28)7-10-24(23)31-25(22)26(33)19-5-8-21(9-6-19)35-14-4-12-32-17-29-16-30-32/h5-10,15-18,26,31H,3-4,11-14H2,1-2H3.